The van der Waals surface area contributed by atoms with Gasteiger partial charge in [-0.15, -0.1) is 0 Å². The summed E-state index contributed by atoms with van der Waals surface area (Å²) in [6, 6.07) is 3.53. The molecular weight excluding hydrogens is 152 g/mol. The summed E-state index contributed by atoms with van der Waals surface area (Å²) in [4.78, 5) is 15.7. The number of pyridine rings is 1. The molecule has 0 bridgehead atoms. The monoisotopic (exact) mass is 166 g/mol. The van der Waals surface area contributed by atoms with Gasteiger partial charge < -0.3 is 9.88 Å². The van der Waals surface area contributed by atoms with Crippen molar-refractivity contribution >= 4 is 5.69 Å². The van der Waals surface area contributed by atoms with Crippen molar-refractivity contribution < 1.29 is 0 Å². The van der Waals surface area contributed by atoms with E-state index in [-0.39, 0.29) is 5.56 Å². The van der Waals surface area contributed by atoms with E-state index < -0.39 is 0 Å². The average molecular weight is 166 g/mol. The van der Waals surface area contributed by atoms with Crippen molar-refractivity contribution in [3.05, 3.63) is 28.7 Å². The van der Waals surface area contributed by atoms with E-state index >= 15 is 0 Å². The Labute approximate surface area is 72.0 Å². The molecule has 66 valence electrons. The average Bonchev–Trinajstić information content (AvgIpc) is 2.07. The van der Waals surface area contributed by atoms with Crippen molar-refractivity contribution in [1.82, 2.24) is 4.98 Å². The molecule has 0 amide bonds. The summed E-state index contributed by atoms with van der Waals surface area (Å²) >= 11 is 0. The number of rotatable bonds is 3. The molecule has 1 heterocycles. The predicted octanol–water partition coefficient (Wildman–Crippen LogP) is 1.22. The highest BCUT2D eigenvalue weighted by molar-refractivity contribution is 5.43. The molecule has 1 aromatic heterocycles. The number of aromatic amines is 1. The molecule has 0 aliphatic rings. The molecule has 12 heavy (non-hydrogen) atoms. The number of hydrogen-bond acceptors (Lipinski definition) is 2. The fourth-order valence-electron chi connectivity index (χ4n) is 1.22. The third-order valence-corrected chi connectivity index (χ3v) is 1.89. The Kier molecular flexibility index (Phi) is 2.91. The van der Waals surface area contributed by atoms with E-state index in [2.05, 4.69) is 23.7 Å². The van der Waals surface area contributed by atoms with Crippen molar-refractivity contribution in [1.29, 1.82) is 0 Å². The van der Waals surface area contributed by atoms with Crippen molar-refractivity contribution in [3.63, 3.8) is 0 Å². The Morgan fingerprint density at radius 1 is 1.42 bits per heavy atom. The Morgan fingerprint density at radius 2 is 2.08 bits per heavy atom. The van der Waals surface area contributed by atoms with Crippen LogP contribution < -0.4 is 10.5 Å². The van der Waals surface area contributed by atoms with Crippen LogP contribution in [0.2, 0.25) is 0 Å². The van der Waals surface area contributed by atoms with Crippen LogP contribution >= 0.6 is 0 Å². The lowest BCUT2D eigenvalue weighted by Gasteiger charge is -2.19. The van der Waals surface area contributed by atoms with Crippen LogP contribution in [0, 0.1) is 0 Å². The number of anilines is 1. The Bertz CT molecular complexity index is 289. The van der Waals surface area contributed by atoms with Gasteiger partial charge >= 0.3 is 0 Å². The first-order valence-corrected chi connectivity index (χ1v) is 4.21. The molecule has 0 unspecified atom stereocenters. The number of hydrogen-bond donors (Lipinski definition) is 1. The van der Waals surface area contributed by atoms with Gasteiger partial charge in [0.05, 0.1) is 0 Å². The number of H-pyrrole nitrogens is 1. The Hall–Kier alpha value is -1.25. The Morgan fingerprint density at radius 3 is 2.58 bits per heavy atom. The molecule has 3 heteroatoms. The fraction of sp³-hybridized carbons (Fsp3) is 0.444. The van der Waals surface area contributed by atoms with Crippen LogP contribution in [0.4, 0.5) is 5.69 Å². The topological polar surface area (TPSA) is 36.1 Å². The van der Waals surface area contributed by atoms with E-state index in [9.17, 15) is 4.79 Å². The molecule has 1 rings (SSSR count). The number of aromatic nitrogens is 1. The lowest BCUT2D eigenvalue weighted by Crippen LogP contribution is -2.23. The summed E-state index contributed by atoms with van der Waals surface area (Å²) in [5.41, 5.74) is 0.947. The number of nitrogens with zero attached hydrogens (tertiary/aromatic N) is 1. The molecule has 0 radical (unpaired) electrons. The molecule has 0 atom stereocenters. The van der Waals surface area contributed by atoms with Crippen LogP contribution in [-0.4, -0.2) is 18.1 Å². The van der Waals surface area contributed by atoms with Crippen LogP contribution in [0.1, 0.15) is 13.8 Å². The molecule has 0 aliphatic carbocycles. The largest absolute Gasteiger partial charge is 0.372 e. The number of nitrogens with one attached hydrogen (secondary N) is 1. The van der Waals surface area contributed by atoms with Gasteiger partial charge in [0.1, 0.15) is 0 Å². The lowest BCUT2D eigenvalue weighted by atomic mass is 10.3. The predicted molar refractivity (Wildman–Crippen MR) is 50.6 cm³/mol. The van der Waals surface area contributed by atoms with Gasteiger partial charge in [-0.25, -0.2) is 0 Å². The van der Waals surface area contributed by atoms with Gasteiger partial charge in [-0.3, -0.25) is 4.79 Å². The van der Waals surface area contributed by atoms with Gasteiger partial charge in [0.2, 0.25) is 5.56 Å². The summed E-state index contributed by atoms with van der Waals surface area (Å²) in [5, 5.41) is 0. The molecular formula is C9H14N2O. The smallest absolute Gasteiger partial charge is 0.249 e. The summed E-state index contributed by atoms with van der Waals surface area (Å²) in [5.74, 6) is 0. The van der Waals surface area contributed by atoms with E-state index in [1.54, 1.807) is 12.3 Å². The molecule has 3 nitrogen and oxygen atoms in total. The van der Waals surface area contributed by atoms with E-state index in [0.717, 1.165) is 18.8 Å². The van der Waals surface area contributed by atoms with Crippen LogP contribution in [0.25, 0.3) is 0 Å². The zero-order valence-corrected chi connectivity index (χ0v) is 7.50. The summed E-state index contributed by atoms with van der Waals surface area (Å²) in [6.07, 6.45) is 1.68. The van der Waals surface area contributed by atoms with E-state index in [4.69, 9.17) is 0 Å². The summed E-state index contributed by atoms with van der Waals surface area (Å²) < 4.78 is 0. The highest BCUT2D eigenvalue weighted by Crippen LogP contribution is 2.08. The molecule has 0 aliphatic heterocycles. The van der Waals surface area contributed by atoms with E-state index in [1.165, 1.54) is 0 Å². The molecule has 0 saturated carbocycles. The van der Waals surface area contributed by atoms with Gasteiger partial charge in [0, 0.05) is 31.0 Å². The quantitative estimate of drug-likeness (QED) is 0.733. The highest BCUT2D eigenvalue weighted by atomic mass is 16.1. The minimum absolute atomic E-state index is 0.0422. The van der Waals surface area contributed by atoms with Crippen molar-refractivity contribution in [2.24, 2.45) is 0 Å². The standard InChI is InChI=1S/C9H14N2O/c1-3-11(4-2)8-5-6-10-9(12)7-8/h5-7H,3-4H2,1-2H3,(H,10,12). The molecule has 0 saturated heterocycles. The molecule has 0 aromatic carbocycles. The van der Waals surface area contributed by atoms with Crippen molar-refractivity contribution in [2.45, 2.75) is 13.8 Å². The van der Waals surface area contributed by atoms with Gasteiger partial charge in [-0.05, 0) is 19.9 Å². The second-order valence-electron chi connectivity index (χ2n) is 2.58. The van der Waals surface area contributed by atoms with Crippen LogP contribution in [0.5, 0.6) is 0 Å². The summed E-state index contributed by atoms with van der Waals surface area (Å²) in [6.45, 7) is 6.01. The van der Waals surface area contributed by atoms with Gasteiger partial charge in [0.15, 0.2) is 0 Å². The second-order valence-corrected chi connectivity index (χ2v) is 2.58. The second kappa shape index (κ2) is 3.95. The molecule has 1 aromatic rings. The van der Waals surface area contributed by atoms with Crippen LogP contribution in [0.3, 0.4) is 0 Å². The zero-order chi connectivity index (χ0) is 8.97. The van der Waals surface area contributed by atoms with E-state index in [1.807, 2.05) is 6.07 Å². The first kappa shape index (κ1) is 8.84. The van der Waals surface area contributed by atoms with Gasteiger partial charge in [0.25, 0.3) is 0 Å². The van der Waals surface area contributed by atoms with Crippen molar-refractivity contribution in [3.8, 4) is 0 Å². The van der Waals surface area contributed by atoms with Gasteiger partial charge in [-0.1, -0.05) is 0 Å². The lowest BCUT2D eigenvalue weighted by molar-refractivity contribution is 0.863. The van der Waals surface area contributed by atoms with Gasteiger partial charge in [-0.2, -0.15) is 0 Å². The third-order valence-electron chi connectivity index (χ3n) is 1.89. The zero-order valence-electron chi connectivity index (χ0n) is 7.50. The fourth-order valence-corrected chi connectivity index (χ4v) is 1.22. The van der Waals surface area contributed by atoms with E-state index in [0.29, 0.717) is 0 Å². The third kappa shape index (κ3) is 1.87. The maximum atomic E-state index is 10.9. The minimum atomic E-state index is -0.0422. The first-order valence-electron chi connectivity index (χ1n) is 4.21. The molecule has 1 N–H and O–H groups in total. The SMILES string of the molecule is CCN(CC)c1cc[nH]c(=O)c1. The minimum Gasteiger partial charge on any atom is -0.372 e. The first-order chi connectivity index (χ1) is 5.77. The normalized spacial score (nSPS) is 9.83. The maximum absolute atomic E-state index is 10.9. The molecule has 0 spiro atoms. The highest BCUT2D eigenvalue weighted by Gasteiger charge is 1.99. The Balaban J connectivity index is 2.93. The van der Waals surface area contributed by atoms with Crippen LogP contribution in [-0.2, 0) is 0 Å². The maximum Gasteiger partial charge on any atom is 0.249 e. The molecule has 0 fully saturated rings. The van der Waals surface area contributed by atoms with Crippen LogP contribution in [0.15, 0.2) is 23.1 Å². The van der Waals surface area contributed by atoms with Crippen molar-refractivity contribution in [2.75, 3.05) is 18.0 Å². The summed E-state index contributed by atoms with van der Waals surface area (Å²) in [7, 11) is 0.